The van der Waals surface area contributed by atoms with Crippen molar-refractivity contribution in [2.45, 2.75) is 32.7 Å². The summed E-state index contributed by atoms with van der Waals surface area (Å²) in [4.78, 5) is 26.5. The van der Waals surface area contributed by atoms with E-state index in [4.69, 9.17) is 0 Å². The van der Waals surface area contributed by atoms with Crippen LogP contribution in [0.5, 0.6) is 0 Å². The normalized spacial score (nSPS) is 19.6. The molecule has 0 bridgehead atoms. The number of benzene rings is 1. The first-order valence-corrected chi connectivity index (χ1v) is 9.28. The van der Waals surface area contributed by atoms with Crippen LogP contribution in [0.25, 0.3) is 11.3 Å². The third-order valence-electron chi connectivity index (χ3n) is 5.19. The number of carbonyl (C=O) groups is 2. The van der Waals surface area contributed by atoms with E-state index in [9.17, 15) is 9.59 Å². The van der Waals surface area contributed by atoms with E-state index in [1.165, 1.54) is 6.92 Å². The molecule has 0 spiro atoms. The summed E-state index contributed by atoms with van der Waals surface area (Å²) in [5.41, 5.74) is 2.80. The third-order valence-corrected chi connectivity index (χ3v) is 5.19. The number of nitrogens with zero attached hydrogens (tertiary/aromatic N) is 2. The Morgan fingerprint density at radius 1 is 1.12 bits per heavy atom. The van der Waals surface area contributed by atoms with Crippen molar-refractivity contribution in [1.29, 1.82) is 0 Å². The van der Waals surface area contributed by atoms with Gasteiger partial charge in [-0.2, -0.15) is 0 Å². The number of amides is 2. The number of likely N-dealkylation sites (tertiary alicyclic amines) is 1. The Kier molecular flexibility index (Phi) is 5.45. The topological polar surface area (TPSA) is 54.3 Å². The van der Waals surface area contributed by atoms with Crippen LogP contribution in [0.15, 0.2) is 42.5 Å². The van der Waals surface area contributed by atoms with Gasteiger partial charge in [-0.1, -0.05) is 43.7 Å². The number of rotatable bonds is 5. The van der Waals surface area contributed by atoms with E-state index in [1.54, 1.807) is 0 Å². The first kappa shape index (κ1) is 18.2. The Hall–Kier alpha value is -2.56. The van der Waals surface area contributed by atoms with Crippen LogP contribution in [0.3, 0.4) is 0 Å². The first-order valence-electron chi connectivity index (χ1n) is 9.28. The summed E-state index contributed by atoms with van der Waals surface area (Å²) in [6, 6.07) is 14.0. The molecule has 0 saturated carbocycles. The fourth-order valence-electron chi connectivity index (χ4n) is 3.91. The van der Waals surface area contributed by atoms with Crippen molar-refractivity contribution < 1.29 is 9.59 Å². The third kappa shape index (κ3) is 3.66. The molecule has 1 aromatic carbocycles. The summed E-state index contributed by atoms with van der Waals surface area (Å²) in [6.07, 6.45) is 2.06. The summed E-state index contributed by atoms with van der Waals surface area (Å²) in [5, 5.41) is 3.02. The molecule has 1 aliphatic heterocycles. The van der Waals surface area contributed by atoms with Gasteiger partial charge in [0.05, 0.1) is 6.04 Å². The van der Waals surface area contributed by atoms with Crippen LogP contribution >= 0.6 is 0 Å². The zero-order valence-corrected chi connectivity index (χ0v) is 15.7. The SMILES string of the molecule is CCC[C@@H]1CN(C(=O)c2ccc(-c3ccccc3)n2C)C[C@H]1NC(C)=O. The Labute approximate surface area is 155 Å². The van der Waals surface area contributed by atoms with Gasteiger partial charge in [-0.3, -0.25) is 9.59 Å². The van der Waals surface area contributed by atoms with E-state index in [-0.39, 0.29) is 17.9 Å². The summed E-state index contributed by atoms with van der Waals surface area (Å²) in [6.45, 7) is 4.95. The minimum absolute atomic E-state index is 0.0311. The summed E-state index contributed by atoms with van der Waals surface area (Å²) in [7, 11) is 1.93. The molecule has 1 aromatic heterocycles. The van der Waals surface area contributed by atoms with Gasteiger partial charge in [-0.15, -0.1) is 0 Å². The van der Waals surface area contributed by atoms with E-state index < -0.39 is 0 Å². The van der Waals surface area contributed by atoms with Crippen LogP contribution in [-0.4, -0.2) is 40.4 Å². The highest BCUT2D eigenvalue weighted by molar-refractivity contribution is 5.94. The van der Waals surface area contributed by atoms with Gasteiger partial charge >= 0.3 is 0 Å². The number of aromatic nitrogens is 1. The van der Waals surface area contributed by atoms with Crippen molar-refractivity contribution in [3.8, 4) is 11.3 Å². The summed E-state index contributed by atoms with van der Waals surface area (Å²) >= 11 is 0. The second-order valence-corrected chi connectivity index (χ2v) is 7.09. The smallest absolute Gasteiger partial charge is 0.270 e. The van der Waals surface area contributed by atoms with E-state index >= 15 is 0 Å². The van der Waals surface area contributed by atoms with Crippen molar-refractivity contribution in [3.63, 3.8) is 0 Å². The highest BCUT2D eigenvalue weighted by Gasteiger charge is 2.36. The number of carbonyl (C=O) groups excluding carboxylic acids is 2. The molecule has 2 atom stereocenters. The van der Waals surface area contributed by atoms with Gasteiger partial charge in [0, 0.05) is 32.8 Å². The van der Waals surface area contributed by atoms with Crippen molar-refractivity contribution in [1.82, 2.24) is 14.8 Å². The molecular formula is C21H27N3O2. The lowest BCUT2D eigenvalue weighted by Gasteiger charge is -2.18. The van der Waals surface area contributed by atoms with Gasteiger partial charge in [0.15, 0.2) is 0 Å². The van der Waals surface area contributed by atoms with Crippen molar-refractivity contribution in [2.75, 3.05) is 13.1 Å². The molecule has 0 radical (unpaired) electrons. The highest BCUT2D eigenvalue weighted by Crippen LogP contribution is 2.26. The van der Waals surface area contributed by atoms with E-state index in [2.05, 4.69) is 12.2 Å². The van der Waals surface area contributed by atoms with Crippen LogP contribution in [0, 0.1) is 5.92 Å². The Balaban J connectivity index is 1.79. The molecule has 1 fully saturated rings. The molecule has 2 heterocycles. The Morgan fingerprint density at radius 3 is 2.50 bits per heavy atom. The van der Waals surface area contributed by atoms with Crippen LogP contribution in [-0.2, 0) is 11.8 Å². The fraction of sp³-hybridized carbons (Fsp3) is 0.429. The summed E-state index contributed by atoms with van der Waals surface area (Å²) in [5.74, 6) is 0.320. The molecule has 26 heavy (non-hydrogen) atoms. The average molecular weight is 353 g/mol. The number of hydrogen-bond donors (Lipinski definition) is 1. The minimum Gasteiger partial charge on any atom is -0.351 e. The zero-order chi connectivity index (χ0) is 18.7. The second-order valence-electron chi connectivity index (χ2n) is 7.09. The van der Waals surface area contributed by atoms with E-state index in [1.807, 2.05) is 59.0 Å². The van der Waals surface area contributed by atoms with E-state index in [0.717, 1.165) is 24.1 Å². The lowest BCUT2D eigenvalue weighted by molar-refractivity contribution is -0.119. The molecule has 138 valence electrons. The van der Waals surface area contributed by atoms with Gasteiger partial charge in [-0.25, -0.2) is 0 Å². The quantitative estimate of drug-likeness (QED) is 0.898. The molecule has 0 unspecified atom stereocenters. The number of hydrogen-bond acceptors (Lipinski definition) is 2. The highest BCUT2D eigenvalue weighted by atomic mass is 16.2. The van der Waals surface area contributed by atoms with Crippen molar-refractivity contribution in [3.05, 3.63) is 48.2 Å². The average Bonchev–Trinajstić information content (AvgIpc) is 3.19. The monoisotopic (exact) mass is 353 g/mol. The van der Waals surface area contributed by atoms with Gasteiger partial charge in [0.1, 0.15) is 5.69 Å². The molecular weight excluding hydrogens is 326 g/mol. The first-order chi connectivity index (χ1) is 12.5. The molecule has 1 saturated heterocycles. The largest absolute Gasteiger partial charge is 0.351 e. The molecule has 2 amide bonds. The molecule has 1 N–H and O–H groups in total. The van der Waals surface area contributed by atoms with Crippen molar-refractivity contribution >= 4 is 11.8 Å². The van der Waals surface area contributed by atoms with Gasteiger partial charge in [-0.05, 0) is 30.0 Å². The Morgan fingerprint density at radius 2 is 1.85 bits per heavy atom. The van der Waals surface area contributed by atoms with E-state index in [0.29, 0.717) is 24.7 Å². The lowest BCUT2D eigenvalue weighted by Crippen LogP contribution is -2.40. The Bertz CT molecular complexity index is 782. The van der Waals surface area contributed by atoms with Crippen molar-refractivity contribution in [2.24, 2.45) is 13.0 Å². The zero-order valence-electron chi connectivity index (χ0n) is 15.7. The maximum absolute atomic E-state index is 13.1. The minimum atomic E-state index is -0.0318. The summed E-state index contributed by atoms with van der Waals surface area (Å²) < 4.78 is 1.96. The second kappa shape index (κ2) is 7.77. The predicted octanol–water partition coefficient (Wildman–Crippen LogP) is 3.07. The molecule has 2 aromatic rings. The fourth-order valence-corrected chi connectivity index (χ4v) is 3.91. The van der Waals surface area contributed by atoms with Gasteiger partial charge < -0.3 is 14.8 Å². The van der Waals surface area contributed by atoms with Crippen LogP contribution in [0.2, 0.25) is 0 Å². The molecule has 3 rings (SSSR count). The number of nitrogens with one attached hydrogen (secondary N) is 1. The molecule has 1 aliphatic rings. The molecule has 0 aliphatic carbocycles. The van der Waals surface area contributed by atoms with Crippen LogP contribution < -0.4 is 5.32 Å². The predicted molar refractivity (Wildman–Crippen MR) is 103 cm³/mol. The molecule has 5 nitrogen and oxygen atoms in total. The maximum atomic E-state index is 13.1. The van der Waals surface area contributed by atoms with Gasteiger partial charge in [0.2, 0.25) is 5.91 Å². The van der Waals surface area contributed by atoms with Crippen LogP contribution in [0.4, 0.5) is 0 Å². The lowest BCUT2D eigenvalue weighted by atomic mass is 9.98. The van der Waals surface area contributed by atoms with Gasteiger partial charge in [0.25, 0.3) is 5.91 Å². The maximum Gasteiger partial charge on any atom is 0.270 e. The van der Waals surface area contributed by atoms with Crippen LogP contribution in [0.1, 0.15) is 37.2 Å². The molecule has 5 heteroatoms. The standard InChI is InChI=1S/C21H27N3O2/c1-4-8-17-13-24(14-18(17)22-15(2)25)21(26)20-12-11-19(23(20)3)16-9-6-5-7-10-16/h5-7,9-12,17-18H,4,8,13-14H2,1-3H3,(H,22,25)/t17-,18-/m1/s1.